The number of benzene rings is 6. The Kier molecular flexibility index (Phi) is 6.98. The van der Waals surface area contributed by atoms with E-state index >= 15 is 0 Å². The van der Waals surface area contributed by atoms with E-state index in [2.05, 4.69) is 4.85 Å². The average molecular weight is 621 g/mol. The summed E-state index contributed by atoms with van der Waals surface area (Å²) in [7, 11) is 0. The van der Waals surface area contributed by atoms with Crippen molar-refractivity contribution in [1.82, 2.24) is 0 Å². The monoisotopic (exact) mass is 620 g/mol. The molecule has 7 rings (SSSR count). The van der Waals surface area contributed by atoms with E-state index < -0.39 is 34.9 Å². The number of anilines is 3. The van der Waals surface area contributed by atoms with E-state index in [-0.39, 0.29) is 22.6 Å². The summed E-state index contributed by atoms with van der Waals surface area (Å²) >= 11 is 0. The van der Waals surface area contributed by atoms with Gasteiger partial charge in [0.15, 0.2) is 5.69 Å². The Labute approximate surface area is 258 Å². The first-order chi connectivity index (χ1) is 22.1. The van der Waals surface area contributed by atoms with Crippen molar-refractivity contribution in [3.05, 3.63) is 156 Å². The third-order valence-electron chi connectivity index (χ3n) is 7.50. The Bertz CT molecular complexity index is 2260. The lowest BCUT2D eigenvalue weighted by Gasteiger charge is -2.27. The highest BCUT2D eigenvalue weighted by Crippen LogP contribution is 2.42. The van der Waals surface area contributed by atoms with Crippen LogP contribution in [0.2, 0.25) is 0 Å². The summed E-state index contributed by atoms with van der Waals surface area (Å²) < 4.78 is 92.9. The normalized spacial score (nSPS) is 11.2. The average Bonchev–Trinajstić information content (AvgIpc) is 3.37. The smallest absolute Gasteiger partial charge is 0.188 e. The third kappa shape index (κ3) is 5.41. The van der Waals surface area contributed by atoms with Gasteiger partial charge in [0.2, 0.25) is 0 Å². The first kappa shape index (κ1) is 28.7. The molecule has 0 saturated heterocycles. The molecular formula is C37H18F6N2O. The molecule has 3 nitrogen and oxygen atoms in total. The predicted octanol–water partition coefficient (Wildman–Crippen LogP) is 11.8. The summed E-state index contributed by atoms with van der Waals surface area (Å²) in [5, 5.41) is 1.49. The van der Waals surface area contributed by atoms with Gasteiger partial charge in [-0.1, -0.05) is 12.1 Å². The van der Waals surface area contributed by atoms with Crippen molar-refractivity contribution in [2.75, 3.05) is 4.90 Å². The maximum atomic E-state index is 14.5. The fraction of sp³-hybridized carbons (Fsp3) is 0. The molecule has 9 heteroatoms. The van der Waals surface area contributed by atoms with Gasteiger partial charge >= 0.3 is 0 Å². The highest BCUT2D eigenvalue weighted by Gasteiger charge is 2.20. The van der Waals surface area contributed by atoms with E-state index in [0.717, 1.165) is 53.2 Å². The Morgan fingerprint density at radius 2 is 0.935 bits per heavy atom. The second kappa shape index (κ2) is 11.2. The van der Waals surface area contributed by atoms with Crippen LogP contribution in [0.5, 0.6) is 0 Å². The predicted molar refractivity (Wildman–Crippen MR) is 165 cm³/mol. The van der Waals surface area contributed by atoms with Crippen molar-refractivity contribution in [2.45, 2.75) is 0 Å². The number of halogens is 6. The lowest BCUT2D eigenvalue weighted by molar-refractivity contribution is 0.582. The van der Waals surface area contributed by atoms with Crippen LogP contribution in [0.3, 0.4) is 0 Å². The van der Waals surface area contributed by atoms with Gasteiger partial charge in [0.25, 0.3) is 0 Å². The molecule has 7 aromatic rings. The van der Waals surface area contributed by atoms with Crippen LogP contribution in [0.4, 0.5) is 49.1 Å². The van der Waals surface area contributed by atoms with E-state index in [0.29, 0.717) is 45.7 Å². The van der Waals surface area contributed by atoms with Crippen LogP contribution in [-0.2, 0) is 0 Å². The largest absolute Gasteiger partial charge is 0.456 e. The minimum atomic E-state index is -0.933. The molecule has 224 valence electrons. The van der Waals surface area contributed by atoms with Gasteiger partial charge < -0.3 is 9.32 Å². The second-order valence-corrected chi connectivity index (χ2v) is 10.6. The first-order valence-electron chi connectivity index (χ1n) is 13.8. The molecule has 6 aromatic carbocycles. The summed E-state index contributed by atoms with van der Waals surface area (Å²) in [4.78, 5) is 4.72. The summed E-state index contributed by atoms with van der Waals surface area (Å²) in [5.74, 6) is -5.40. The SMILES string of the molecule is [C-]#[N+]c1ccc2oc3cc(-c4cc(-c5cc(F)cc(F)c5)cc(N(c5cc(F)cc(F)c5)c5cc(F)cc(F)c5)c4)ccc3c2c1. The molecule has 0 fully saturated rings. The molecule has 0 aliphatic carbocycles. The highest BCUT2D eigenvalue weighted by molar-refractivity contribution is 6.07. The van der Waals surface area contributed by atoms with Gasteiger partial charge in [-0.05, 0) is 101 Å². The van der Waals surface area contributed by atoms with Gasteiger partial charge in [-0.25, -0.2) is 31.2 Å². The van der Waals surface area contributed by atoms with E-state index in [9.17, 15) is 26.3 Å². The fourth-order valence-corrected chi connectivity index (χ4v) is 5.59. The molecule has 0 atom stereocenters. The number of fused-ring (bicyclic) bond motifs is 3. The zero-order valence-electron chi connectivity index (χ0n) is 23.5. The molecule has 1 aromatic heterocycles. The Hall–Kier alpha value is -6.01. The number of hydrogen-bond acceptors (Lipinski definition) is 2. The Morgan fingerprint density at radius 3 is 1.50 bits per heavy atom. The standard InChI is InChI=1S/C37H18F6N2O/c1-44-30-3-5-36-35(19-30)34-4-2-20(11-37(34)46-36)21-6-22(23-7-24(38)12-25(39)8-23)10-31(9-21)45(32-15-26(40)13-27(41)16-32)33-17-28(42)14-29(43)18-33/h2-19H. The van der Waals surface area contributed by atoms with Crippen LogP contribution in [0, 0.1) is 41.5 Å². The molecule has 0 spiro atoms. The molecule has 0 aliphatic heterocycles. The van der Waals surface area contributed by atoms with Crippen LogP contribution in [-0.4, -0.2) is 0 Å². The zero-order valence-corrected chi connectivity index (χ0v) is 23.5. The topological polar surface area (TPSA) is 20.7 Å². The van der Waals surface area contributed by atoms with Crippen LogP contribution < -0.4 is 4.90 Å². The van der Waals surface area contributed by atoms with Gasteiger partial charge in [-0.15, -0.1) is 0 Å². The second-order valence-electron chi connectivity index (χ2n) is 10.6. The molecule has 0 aliphatic rings. The van der Waals surface area contributed by atoms with E-state index in [1.165, 1.54) is 11.0 Å². The van der Waals surface area contributed by atoms with Gasteiger partial charge in [0, 0.05) is 34.7 Å². The Morgan fingerprint density at radius 1 is 0.435 bits per heavy atom. The molecule has 0 unspecified atom stereocenters. The molecule has 46 heavy (non-hydrogen) atoms. The molecule has 0 bridgehead atoms. The van der Waals surface area contributed by atoms with Crippen molar-refractivity contribution in [3.8, 4) is 22.3 Å². The van der Waals surface area contributed by atoms with Crippen LogP contribution >= 0.6 is 0 Å². The van der Waals surface area contributed by atoms with E-state index in [4.69, 9.17) is 11.0 Å². The lowest BCUT2D eigenvalue weighted by atomic mass is 9.96. The number of hydrogen-bond donors (Lipinski definition) is 0. The van der Waals surface area contributed by atoms with Gasteiger partial charge in [0.1, 0.15) is 46.1 Å². The molecule has 0 saturated carbocycles. The van der Waals surface area contributed by atoms with Crippen LogP contribution in [0.25, 0.3) is 49.0 Å². The van der Waals surface area contributed by atoms with Gasteiger partial charge in [-0.3, -0.25) is 0 Å². The number of rotatable bonds is 5. The first-order valence-corrected chi connectivity index (χ1v) is 13.8. The lowest BCUT2D eigenvalue weighted by Crippen LogP contribution is -2.12. The minimum absolute atomic E-state index is 0.0978. The molecule has 0 radical (unpaired) electrons. The number of furan rings is 1. The summed E-state index contributed by atoms with van der Waals surface area (Å²) in [6.45, 7) is 7.33. The van der Waals surface area contributed by atoms with Crippen molar-refractivity contribution in [3.63, 3.8) is 0 Å². The molecular weight excluding hydrogens is 602 g/mol. The fourth-order valence-electron chi connectivity index (χ4n) is 5.59. The maximum Gasteiger partial charge on any atom is 0.188 e. The summed E-state index contributed by atoms with van der Waals surface area (Å²) in [6, 6.07) is 23.5. The minimum Gasteiger partial charge on any atom is -0.456 e. The van der Waals surface area contributed by atoms with Gasteiger partial charge in [0.05, 0.1) is 17.9 Å². The van der Waals surface area contributed by atoms with Crippen LogP contribution in [0.15, 0.2) is 114 Å². The maximum absolute atomic E-state index is 14.5. The van der Waals surface area contributed by atoms with Gasteiger partial charge in [-0.2, -0.15) is 0 Å². The number of nitrogens with zero attached hydrogens (tertiary/aromatic N) is 2. The van der Waals surface area contributed by atoms with Crippen molar-refractivity contribution in [1.29, 1.82) is 0 Å². The molecule has 1 heterocycles. The Balaban J connectivity index is 1.49. The van der Waals surface area contributed by atoms with Crippen LogP contribution in [0.1, 0.15) is 0 Å². The van der Waals surface area contributed by atoms with Crippen molar-refractivity contribution < 1.29 is 30.8 Å². The van der Waals surface area contributed by atoms with E-state index in [1.54, 1.807) is 48.5 Å². The summed E-state index contributed by atoms with van der Waals surface area (Å²) in [5.41, 5.74) is 3.02. The van der Waals surface area contributed by atoms with E-state index in [1.807, 2.05) is 0 Å². The van der Waals surface area contributed by atoms with Crippen molar-refractivity contribution >= 4 is 44.7 Å². The quantitative estimate of drug-likeness (QED) is 0.141. The highest BCUT2D eigenvalue weighted by atomic mass is 19.2. The van der Waals surface area contributed by atoms with Crippen molar-refractivity contribution in [2.24, 2.45) is 0 Å². The summed E-state index contributed by atoms with van der Waals surface area (Å²) in [6.07, 6.45) is 0. The molecule has 0 N–H and O–H groups in total. The molecule has 0 amide bonds. The zero-order chi connectivity index (χ0) is 32.1. The third-order valence-corrected chi connectivity index (χ3v) is 7.50.